The number of carbonyl (C=O) groups excluding carboxylic acids is 1. The van der Waals surface area contributed by atoms with E-state index in [4.69, 9.17) is 0 Å². The average molecular weight is 271 g/mol. The van der Waals surface area contributed by atoms with Gasteiger partial charge in [0.2, 0.25) is 0 Å². The lowest BCUT2D eigenvalue weighted by atomic mass is 10.2. The van der Waals surface area contributed by atoms with Gasteiger partial charge in [-0.1, -0.05) is 6.92 Å². The summed E-state index contributed by atoms with van der Waals surface area (Å²) in [6.07, 6.45) is 2.73. The van der Waals surface area contributed by atoms with Crippen molar-refractivity contribution in [2.45, 2.75) is 19.4 Å². The first-order chi connectivity index (χ1) is 9.61. The molecule has 0 radical (unpaired) electrons. The fourth-order valence-electron chi connectivity index (χ4n) is 2.03. The second-order valence-electron chi connectivity index (χ2n) is 5.24. The SMILES string of the molecule is C[C@@H]1C[C@H]1NC(=O)Nc1ccc(-c2ncn(C)n2)cc1. The molecule has 0 aliphatic heterocycles. The van der Waals surface area contributed by atoms with Crippen molar-refractivity contribution in [2.24, 2.45) is 13.0 Å². The Morgan fingerprint density at radius 1 is 1.35 bits per heavy atom. The maximum Gasteiger partial charge on any atom is 0.319 e. The van der Waals surface area contributed by atoms with Crippen LogP contribution in [0.5, 0.6) is 0 Å². The van der Waals surface area contributed by atoms with E-state index in [2.05, 4.69) is 27.6 Å². The monoisotopic (exact) mass is 271 g/mol. The zero-order chi connectivity index (χ0) is 14.1. The van der Waals surface area contributed by atoms with Crippen molar-refractivity contribution >= 4 is 11.7 Å². The van der Waals surface area contributed by atoms with Gasteiger partial charge in [0.05, 0.1) is 0 Å². The Morgan fingerprint density at radius 2 is 2.05 bits per heavy atom. The molecule has 0 bridgehead atoms. The van der Waals surface area contributed by atoms with Crippen molar-refractivity contribution in [3.05, 3.63) is 30.6 Å². The molecule has 0 spiro atoms. The van der Waals surface area contributed by atoms with Crippen molar-refractivity contribution in [1.29, 1.82) is 0 Å². The minimum atomic E-state index is -0.150. The van der Waals surface area contributed by atoms with Crippen molar-refractivity contribution < 1.29 is 4.79 Å². The van der Waals surface area contributed by atoms with Gasteiger partial charge >= 0.3 is 6.03 Å². The Labute approximate surface area is 117 Å². The molecular formula is C14H17N5O. The smallest absolute Gasteiger partial charge is 0.319 e. The highest BCUT2D eigenvalue weighted by Crippen LogP contribution is 2.29. The van der Waals surface area contributed by atoms with Crippen LogP contribution >= 0.6 is 0 Å². The standard InChI is InChI=1S/C14H17N5O/c1-9-7-12(9)17-14(20)16-11-5-3-10(4-6-11)13-15-8-19(2)18-13/h3-6,8-9,12H,7H2,1-2H3,(H2,16,17,20)/t9-,12-/m1/s1. The molecule has 1 heterocycles. The lowest BCUT2D eigenvalue weighted by Gasteiger charge is -2.07. The number of nitrogens with zero attached hydrogens (tertiary/aromatic N) is 3. The molecule has 104 valence electrons. The van der Waals surface area contributed by atoms with Gasteiger partial charge in [-0.3, -0.25) is 4.68 Å². The first-order valence-electron chi connectivity index (χ1n) is 6.65. The summed E-state index contributed by atoms with van der Waals surface area (Å²) in [6, 6.07) is 7.66. The predicted molar refractivity (Wildman–Crippen MR) is 76.2 cm³/mol. The second kappa shape index (κ2) is 4.96. The molecule has 6 heteroatoms. The number of urea groups is 1. The first-order valence-corrected chi connectivity index (χ1v) is 6.65. The van der Waals surface area contributed by atoms with Crippen LogP contribution in [-0.4, -0.2) is 26.8 Å². The van der Waals surface area contributed by atoms with Gasteiger partial charge in [-0.2, -0.15) is 5.10 Å². The minimum Gasteiger partial charge on any atom is -0.335 e. The number of aryl methyl sites for hydroxylation is 1. The van der Waals surface area contributed by atoms with Gasteiger partial charge in [-0.05, 0) is 36.6 Å². The molecule has 6 nitrogen and oxygen atoms in total. The third-order valence-corrected chi connectivity index (χ3v) is 3.43. The number of anilines is 1. The van der Waals surface area contributed by atoms with E-state index in [-0.39, 0.29) is 6.03 Å². The number of carbonyl (C=O) groups is 1. The van der Waals surface area contributed by atoms with Gasteiger partial charge in [-0.15, -0.1) is 0 Å². The lowest BCUT2D eigenvalue weighted by Crippen LogP contribution is -2.31. The van der Waals surface area contributed by atoms with Crippen LogP contribution < -0.4 is 10.6 Å². The quantitative estimate of drug-likeness (QED) is 0.897. The van der Waals surface area contributed by atoms with Crippen LogP contribution in [0.4, 0.5) is 10.5 Å². The Hall–Kier alpha value is -2.37. The Balaban J connectivity index is 1.62. The molecule has 3 rings (SSSR count). The molecule has 0 unspecified atom stereocenters. The fourth-order valence-corrected chi connectivity index (χ4v) is 2.03. The first kappa shape index (κ1) is 12.7. The van der Waals surface area contributed by atoms with E-state index < -0.39 is 0 Å². The molecule has 1 saturated carbocycles. The van der Waals surface area contributed by atoms with Gasteiger partial charge in [0.25, 0.3) is 0 Å². The predicted octanol–water partition coefficient (Wildman–Crippen LogP) is 2.01. The number of nitrogens with one attached hydrogen (secondary N) is 2. The molecule has 2 amide bonds. The summed E-state index contributed by atoms with van der Waals surface area (Å²) in [4.78, 5) is 15.9. The van der Waals surface area contributed by atoms with Crippen molar-refractivity contribution in [3.8, 4) is 11.4 Å². The molecule has 1 aromatic heterocycles. The van der Waals surface area contributed by atoms with Crippen LogP contribution in [0.25, 0.3) is 11.4 Å². The van der Waals surface area contributed by atoms with E-state index in [1.165, 1.54) is 0 Å². The van der Waals surface area contributed by atoms with Crippen LogP contribution in [-0.2, 0) is 7.05 Å². The number of hydrogen-bond acceptors (Lipinski definition) is 3. The largest absolute Gasteiger partial charge is 0.335 e. The van der Waals surface area contributed by atoms with Crippen LogP contribution in [0.3, 0.4) is 0 Å². The topological polar surface area (TPSA) is 71.8 Å². The highest BCUT2D eigenvalue weighted by Gasteiger charge is 2.33. The van der Waals surface area contributed by atoms with Crippen LogP contribution in [0, 0.1) is 5.92 Å². The maximum absolute atomic E-state index is 11.7. The molecule has 2 atom stereocenters. The molecular weight excluding hydrogens is 254 g/mol. The van der Waals surface area contributed by atoms with Gasteiger partial charge < -0.3 is 10.6 Å². The highest BCUT2D eigenvalue weighted by atomic mass is 16.2. The maximum atomic E-state index is 11.7. The summed E-state index contributed by atoms with van der Waals surface area (Å²) in [7, 11) is 1.83. The summed E-state index contributed by atoms with van der Waals surface area (Å²) in [5.74, 6) is 1.27. The normalized spacial score (nSPS) is 20.5. The van der Waals surface area contributed by atoms with E-state index in [1.54, 1.807) is 11.0 Å². The summed E-state index contributed by atoms with van der Waals surface area (Å²) in [6.45, 7) is 2.12. The summed E-state index contributed by atoms with van der Waals surface area (Å²) >= 11 is 0. The van der Waals surface area contributed by atoms with Crippen LogP contribution in [0.15, 0.2) is 30.6 Å². The Morgan fingerprint density at radius 3 is 2.60 bits per heavy atom. The zero-order valence-corrected chi connectivity index (χ0v) is 11.5. The number of amides is 2. The molecule has 2 aromatic rings. The number of benzene rings is 1. The molecule has 1 aliphatic carbocycles. The van der Waals surface area contributed by atoms with Crippen molar-refractivity contribution in [2.75, 3.05) is 5.32 Å². The van der Waals surface area contributed by atoms with Gasteiger partial charge in [0.15, 0.2) is 5.82 Å². The minimum absolute atomic E-state index is 0.150. The second-order valence-corrected chi connectivity index (χ2v) is 5.24. The molecule has 20 heavy (non-hydrogen) atoms. The molecule has 1 aliphatic rings. The number of rotatable bonds is 3. The molecule has 2 N–H and O–H groups in total. The average Bonchev–Trinajstić information content (AvgIpc) is 2.93. The van der Waals surface area contributed by atoms with Crippen LogP contribution in [0.1, 0.15) is 13.3 Å². The third-order valence-electron chi connectivity index (χ3n) is 3.43. The Kier molecular flexibility index (Phi) is 3.14. The van der Waals surface area contributed by atoms with E-state index >= 15 is 0 Å². The molecule has 0 saturated heterocycles. The lowest BCUT2D eigenvalue weighted by molar-refractivity contribution is 0.251. The van der Waals surface area contributed by atoms with Gasteiger partial charge in [0.1, 0.15) is 6.33 Å². The van der Waals surface area contributed by atoms with Crippen molar-refractivity contribution in [3.63, 3.8) is 0 Å². The summed E-state index contributed by atoms with van der Waals surface area (Å²) in [5, 5.41) is 9.98. The zero-order valence-electron chi connectivity index (χ0n) is 11.5. The molecule has 1 fully saturated rings. The van der Waals surface area contributed by atoms with E-state index in [0.717, 1.165) is 17.7 Å². The van der Waals surface area contributed by atoms with Crippen LogP contribution in [0.2, 0.25) is 0 Å². The van der Waals surface area contributed by atoms with E-state index in [9.17, 15) is 4.79 Å². The van der Waals surface area contributed by atoms with Gasteiger partial charge in [0, 0.05) is 24.3 Å². The van der Waals surface area contributed by atoms with Crippen molar-refractivity contribution in [1.82, 2.24) is 20.1 Å². The summed E-state index contributed by atoms with van der Waals surface area (Å²) in [5.41, 5.74) is 1.68. The number of aromatic nitrogens is 3. The highest BCUT2D eigenvalue weighted by molar-refractivity contribution is 5.89. The molecule has 1 aromatic carbocycles. The number of hydrogen-bond donors (Lipinski definition) is 2. The third kappa shape index (κ3) is 2.79. The van der Waals surface area contributed by atoms with Gasteiger partial charge in [-0.25, -0.2) is 9.78 Å². The fraction of sp³-hybridized carbons (Fsp3) is 0.357. The van der Waals surface area contributed by atoms with E-state index in [0.29, 0.717) is 17.8 Å². The summed E-state index contributed by atoms with van der Waals surface area (Å²) < 4.78 is 1.66. The van der Waals surface area contributed by atoms with E-state index in [1.807, 2.05) is 31.3 Å². The Bertz CT molecular complexity index is 619.